The molecular formula is C16H29N3. The SMILES string of the molecule is Cc1nn(C(C)C)c(C)c1NC1CCCC(C)C1C. The van der Waals surface area contributed by atoms with Crippen molar-refractivity contribution in [2.75, 3.05) is 5.32 Å². The maximum absolute atomic E-state index is 4.67. The van der Waals surface area contributed by atoms with Gasteiger partial charge in [0.15, 0.2) is 0 Å². The van der Waals surface area contributed by atoms with Gasteiger partial charge in [-0.15, -0.1) is 0 Å². The van der Waals surface area contributed by atoms with E-state index in [4.69, 9.17) is 0 Å². The zero-order valence-electron chi connectivity index (χ0n) is 13.3. The van der Waals surface area contributed by atoms with Crippen molar-refractivity contribution < 1.29 is 0 Å². The third kappa shape index (κ3) is 2.80. The summed E-state index contributed by atoms with van der Waals surface area (Å²) in [6.07, 6.45) is 4.01. The summed E-state index contributed by atoms with van der Waals surface area (Å²) in [7, 11) is 0. The van der Waals surface area contributed by atoms with Crippen LogP contribution in [0, 0.1) is 25.7 Å². The lowest BCUT2D eigenvalue weighted by Crippen LogP contribution is -2.35. The van der Waals surface area contributed by atoms with Crippen molar-refractivity contribution in [3.63, 3.8) is 0 Å². The molecule has 1 aliphatic rings. The molecule has 3 heteroatoms. The number of anilines is 1. The average molecular weight is 263 g/mol. The molecule has 108 valence electrons. The van der Waals surface area contributed by atoms with Crippen LogP contribution in [0.2, 0.25) is 0 Å². The Hall–Kier alpha value is -0.990. The Morgan fingerprint density at radius 3 is 2.47 bits per heavy atom. The standard InChI is InChI=1S/C16H29N3/c1-10(2)19-14(6)16(13(5)18-19)17-15-9-7-8-11(3)12(15)4/h10-12,15,17H,7-9H2,1-6H3. The fraction of sp³-hybridized carbons (Fsp3) is 0.812. The topological polar surface area (TPSA) is 29.9 Å². The Balaban J connectivity index is 2.19. The first-order valence-electron chi connectivity index (χ1n) is 7.74. The molecule has 1 saturated carbocycles. The van der Waals surface area contributed by atoms with Crippen LogP contribution >= 0.6 is 0 Å². The summed E-state index contributed by atoms with van der Waals surface area (Å²) in [4.78, 5) is 0. The predicted octanol–water partition coefficient (Wildman–Crippen LogP) is 4.32. The van der Waals surface area contributed by atoms with E-state index in [2.05, 4.69) is 56.6 Å². The van der Waals surface area contributed by atoms with Crippen molar-refractivity contribution in [2.24, 2.45) is 11.8 Å². The minimum Gasteiger partial charge on any atom is -0.379 e. The lowest BCUT2D eigenvalue weighted by molar-refractivity contribution is 0.253. The molecule has 19 heavy (non-hydrogen) atoms. The highest BCUT2D eigenvalue weighted by Crippen LogP contribution is 2.33. The third-order valence-electron chi connectivity index (χ3n) is 4.85. The van der Waals surface area contributed by atoms with Gasteiger partial charge < -0.3 is 5.32 Å². The van der Waals surface area contributed by atoms with Crippen LogP contribution in [0.4, 0.5) is 5.69 Å². The molecule has 0 amide bonds. The minimum absolute atomic E-state index is 0.428. The van der Waals surface area contributed by atoms with Gasteiger partial charge in [-0.25, -0.2) is 0 Å². The molecule has 1 fully saturated rings. The van der Waals surface area contributed by atoms with Crippen molar-refractivity contribution in [2.45, 2.75) is 72.9 Å². The van der Waals surface area contributed by atoms with Crippen LogP contribution < -0.4 is 5.32 Å². The van der Waals surface area contributed by atoms with Crippen LogP contribution in [-0.4, -0.2) is 15.8 Å². The van der Waals surface area contributed by atoms with E-state index >= 15 is 0 Å². The zero-order valence-corrected chi connectivity index (χ0v) is 13.3. The predicted molar refractivity (Wildman–Crippen MR) is 81.7 cm³/mol. The molecule has 3 unspecified atom stereocenters. The van der Waals surface area contributed by atoms with E-state index < -0.39 is 0 Å². The van der Waals surface area contributed by atoms with Crippen LogP contribution in [-0.2, 0) is 0 Å². The van der Waals surface area contributed by atoms with Crippen molar-refractivity contribution in [3.05, 3.63) is 11.4 Å². The van der Waals surface area contributed by atoms with Crippen LogP contribution in [0.1, 0.15) is 64.4 Å². The maximum atomic E-state index is 4.67. The van der Waals surface area contributed by atoms with Gasteiger partial charge in [0.2, 0.25) is 0 Å². The lowest BCUT2D eigenvalue weighted by atomic mass is 9.78. The van der Waals surface area contributed by atoms with Crippen molar-refractivity contribution in [3.8, 4) is 0 Å². The molecular weight excluding hydrogens is 234 g/mol. The number of nitrogens with zero attached hydrogens (tertiary/aromatic N) is 2. The van der Waals surface area contributed by atoms with Crippen molar-refractivity contribution in [1.82, 2.24) is 9.78 Å². The first-order valence-corrected chi connectivity index (χ1v) is 7.74. The normalized spacial score (nSPS) is 27.8. The molecule has 1 aromatic rings. The van der Waals surface area contributed by atoms with Gasteiger partial charge in [-0.3, -0.25) is 4.68 Å². The summed E-state index contributed by atoms with van der Waals surface area (Å²) in [5.74, 6) is 1.57. The summed E-state index contributed by atoms with van der Waals surface area (Å²) >= 11 is 0. The van der Waals surface area contributed by atoms with Crippen LogP contribution in [0.3, 0.4) is 0 Å². The zero-order chi connectivity index (χ0) is 14.2. The number of nitrogens with one attached hydrogen (secondary N) is 1. The Morgan fingerprint density at radius 2 is 1.89 bits per heavy atom. The molecule has 3 nitrogen and oxygen atoms in total. The lowest BCUT2D eigenvalue weighted by Gasteiger charge is -2.35. The monoisotopic (exact) mass is 263 g/mol. The van der Waals surface area contributed by atoms with Crippen LogP contribution in [0.15, 0.2) is 0 Å². The van der Waals surface area contributed by atoms with E-state index in [-0.39, 0.29) is 0 Å². The first kappa shape index (κ1) is 14.4. The van der Waals surface area contributed by atoms with Gasteiger partial charge in [0.1, 0.15) is 0 Å². The number of aromatic nitrogens is 2. The molecule has 0 bridgehead atoms. The molecule has 2 rings (SSSR count). The minimum atomic E-state index is 0.428. The highest BCUT2D eigenvalue weighted by Gasteiger charge is 2.28. The van der Waals surface area contributed by atoms with Gasteiger partial charge in [0.25, 0.3) is 0 Å². The number of rotatable bonds is 3. The van der Waals surface area contributed by atoms with E-state index in [1.54, 1.807) is 0 Å². The molecule has 1 heterocycles. The van der Waals surface area contributed by atoms with Crippen LogP contribution in [0.25, 0.3) is 0 Å². The van der Waals surface area contributed by atoms with Gasteiger partial charge in [-0.05, 0) is 46.0 Å². The summed E-state index contributed by atoms with van der Waals surface area (Å²) in [5, 5.41) is 8.46. The fourth-order valence-electron chi connectivity index (χ4n) is 3.35. The second kappa shape index (κ2) is 5.56. The van der Waals surface area contributed by atoms with E-state index in [0.717, 1.165) is 17.5 Å². The summed E-state index contributed by atoms with van der Waals surface area (Å²) < 4.78 is 2.13. The summed E-state index contributed by atoms with van der Waals surface area (Å²) in [5.41, 5.74) is 3.68. The van der Waals surface area contributed by atoms with E-state index in [1.165, 1.54) is 30.6 Å². The number of aryl methyl sites for hydroxylation is 1. The molecule has 1 N–H and O–H groups in total. The number of hydrogen-bond donors (Lipinski definition) is 1. The highest BCUT2D eigenvalue weighted by molar-refractivity contribution is 5.53. The smallest absolute Gasteiger partial charge is 0.0828 e. The quantitative estimate of drug-likeness (QED) is 0.880. The second-order valence-corrected chi connectivity index (χ2v) is 6.60. The molecule has 0 radical (unpaired) electrons. The van der Waals surface area contributed by atoms with Crippen LogP contribution in [0.5, 0.6) is 0 Å². The van der Waals surface area contributed by atoms with E-state index in [0.29, 0.717) is 12.1 Å². The molecule has 0 spiro atoms. The number of hydrogen-bond acceptors (Lipinski definition) is 2. The Morgan fingerprint density at radius 1 is 1.21 bits per heavy atom. The fourth-order valence-corrected chi connectivity index (χ4v) is 3.35. The Bertz CT molecular complexity index is 433. The van der Waals surface area contributed by atoms with Crippen molar-refractivity contribution >= 4 is 5.69 Å². The molecule has 1 aromatic heterocycles. The molecule has 1 aliphatic carbocycles. The summed E-state index contributed by atoms with van der Waals surface area (Å²) in [6.45, 7) is 13.4. The van der Waals surface area contributed by atoms with E-state index in [9.17, 15) is 0 Å². The molecule has 0 aliphatic heterocycles. The third-order valence-corrected chi connectivity index (χ3v) is 4.85. The molecule has 0 saturated heterocycles. The maximum Gasteiger partial charge on any atom is 0.0828 e. The van der Waals surface area contributed by atoms with Crippen molar-refractivity contribution in [1.29, 1.82) is 0 Å². The van der Waals surface area contributed by atoms with Gasteiger partial charge in [-0.1, -0.05) is 26.7 Å². The molecule has 3 atom stereocenters. The Kier molecular flexibility index (Phi) is 4.22. The second-order valence-electron chi connectivity index (χ2n) is 6.60. The highest BCUT2D eigenvalue weighted by atomic mass is 15.3. The largest absolute Gasteiger partial charge is 0.379 e. The average Bonchev–Trinajstić information content (AvgIpc) is 2.63. The van der Waals surface area contributed by atoms with Gasteiger partial charge >= 0.3 is 0 Å². The van der Waals surface area contributed by atoms with E-state index in [1.807, 2.05) is 0 Å². The first-order chi connectivity index (χ1) is 8.91. The van der Waals surface area contributed by atoms with Gasteiger partial charge in [0, 0.05) is 12.1 Å². The van der Waals surface area contributed by atoms with Gasteiger partial charge in [0.05, 0.1) is 17.1 Å². The summed E-state index contributed by atoms with van der Waals surface area (Å²) in [6, 6.07) is 1.03. The van der Waals surface area contributed by atoms with Gasteiger partial charge in [-0.2, -0.15) is 5.10 Å². The molecule has 0 aromatic carbocycles. The Labute approximate surface area is 117 Å².